The molecule has 120 valence electrons. The molecular formula is C18H30ClNO. The summed E-state index contributed by atoms with van der Waals surface area (Å²) in [4.78, 5) is 15.2. The molecule has 2 nitrogen and oxygen atoms in total. The molecule has 0 bridgehead atoms. The number of nitrogens with zero attached hydrogens (tertiary/aromatic N) is 1. The van der Waals surface area contributed by atoms with Crippen LogP contribution in [0, 0.1) is 17.8 Å². The van der Waals surface area contributed by atoms with Gasteiger partial charge in [-0.25, -0.2) is 0 Å². The van der Waals surface area contributed by atoms with Crippen molar-refractivity contribution in [3.8, 4) is 0 Å². The van der Waals surface area contributed by atoms with Crippen LogP contribution in [0.5, 0.6) is 0 Å². The van der Waals surface area contributed by atoms with Crippen molar-refractivity contribution in [2.45, 2.75) is 76.7 Å². The minimum Gasteiger partial charge on any atom is -0.339 e. The van der Waals surface area contributed by atoms with Gasteiger partial charge < -0.3 is 4.90 Å². The highest BCUT2D eigenvalue weighted by molar-refractivity contribution is 6.17. The maximum absolute atomic E-state index is 13.0. The Morgan fingerprint density at radius 2 is 1.71 bits per heavy atom. The summed E-state index contributed by atoms with van der Waals surface area (Å²) in [7, 11) is 0. The molecule has 3 aliphatic rings. The summed E-state index contributed by atoms with van der Waals surface area (Å²) in [5.41, 5.74) is 0. The third kappa shape index (κ3) is 3.57. The van der Waals surface area contributed by atoms with Gasteiger partial charge in [0.25, 0.3) is 0 Å². The van der Waals surface area contributed by atoms with Gasteiger partial charge in [-0.2, -0.15) is 0 Å². The van der Waals surface area contributed by atoms with Crippen LogP contribution in [-0.2, 0) is 4.79 Å². The zero-order valence-electron chi connectivity index (χ0n) is 13.2. The molecular weight excluding hydrogens is 282 g/mol. The van der Waals surface area contributed by atoms with Crippen LogP contribution < -0.4 is 0 Å². The number of rotatable bonds is 5. The molecule has 3 aliphatic carbocycles. The van der Waals surface area contributed by atoms with E-state index in [9.17, 15) is 4.79 Å². The minimum absolute atomic E-state index is 0.320. The Hall–Kier alpha value is -0.240. The fourth-order valence-electron chi connectivity index (χ4n) is 4.73. The van der Waals surface area contributed by atoms with Crippen LogP contribution in [-0.4, -0.2) is 29.3 Å². The van der Waals surface area contributed by atoms with Crippen molar-refractivity contribution < 1.29 is 4.79 Å². The van der Waals surface area contributed by atoms with Gasteiger partial charge in [0.05, 0.1) is 0 Å². The second kappa shape index (κ2) is 7.35. The first kappa shape index (κ1) is 15.6. The average Bonchev–Trinajstić information content (AvgIpc) is 2.48. The molecule has 21 heavy (non-hydrogen) atoms. The molecule has 3 rings (SSSR count). The van der Waals surface area contributed by atoms with Gasteiger partial charge in [-0.3, -0.25) is 4.79 Å². The van der Waals surface area contributed by atoms with Crippen LogP contribution in [0.25, 0.3) is 0 Å². The van der Waals surface area contributed by atoms with Crippen LogP contribution in [0.2, 0.25) is 0 Å². The fourth-order valence-corrected chi connectivity index (χ4v) is 4.85. The van der Waals surface area contributed by atoms with E-state index in [1.807, 2.05) is 0 Å². The summed E-state index contributed by atoms with van der Waals surface area (Å²) < 4.78 is 0. The van der Waals surface area contributed by atoms with Crippen molar-refractivity contribution in [1.29, 1.82) is 0 Å². The van der Waals surface area contributed by atoms with E-state index in [4.69, 9.17) is 11.6 Å². The van der Waals surface area contributed by atoms with Gasteiger partial charge in [0.2, 0.25) is 5.91 Å². The normalized spacial score (nSPS) is 33.1. The molecule has 0 radical (unpaired) electrons. The maximum Gasteiger partial charge on any atom is 0.225 e. The predicted octanol–water partition coefficient (Wildman–Crippen LogP) is 4.60. The minimum atomic E-state index is 0.320. The largest absolute Gasteiger partial charge is 0.339 e. The van der Waals surface area contributed by atoms with Gasteiger partial charge in [0.15, 0.2) is 0 Å². The van der Waals surface area contributed by atoms with Gasteiger partial charge >= 0.3 is 0 Å². The SMILES string of the molecule is O=C(C1CCC2CCCCC2C1)N(CCCCl)C1CCC1. The summed E-state index contributed by atoms with van der Waals surface area (Å²) in [5.74, 6) is 3.24. The summed E-state index contributed by atoms with van der Waals surface area (Å²) in [6, 6.07) is 0.532. The molecule has 0 spiro atoms. The molecule has 3 fully saturated rings. The van der Waals surface area contributed by atoms with Crippen LogP contribution >= 0.6 is 11.6 Å². The number of alkyl halides is 1. The van der Waals surface area contributed by atoms with Crippen molar-refractivity contribution in [1.82, 2.24) is 4.90 Å². The Morgan fingerprint density at radius 3 is 2.38 bits per heavy atom. The molecule has 0 heterocycles. The number of fused-ring (bicyclic) bond motifs is 1. The summed E-state index contributed by atoms with van der Waals surface area (Å²) in [6.07, 6.45) is 13.9. The van der Waals surface area contributed by atoms with E-state index in [1.54, 1.807) is 0 Å². The molecule has 0 aromatic carbocycles. The quantitative estimate of drug-likeness (QED) is 0.679. The summed E-state index contributed by atoms with van der Waals surface area (Å²) >= 11 is 5.86. The fraction of sp³-hybridized carbons (Fsp3) is 0.944. The number of carbonyl (C=O) groups excluding carboxylic acids is 1. The van der Waals surface area contributed by atoms with E-state index in [2.05, 4.69) is 4.90 Å². The lowest BCUT2D eigenvalue weighted by Gasteiger charge is -2.43. The van der Waals surface area contributed by atoms with E-state index in [0.717, 1.165) is 31.2 Å². The predicted molar refractivity (Wildman–Crippen MR) is 87.5 cm³/mol. The third-order valence-corrected chi connectivity index (χ3v) is 6.49. The number of hydrogen-bond acceptors (Lipinski definition) is 1. The Morgan fingerprint density at radius 1 is 0.952 bits per heavy atom. The molecule has 3 atom stereocenters. The molecule has 0 N–H and O–H groups in total. The molecule has 3 heteroatoms. The zero-order valence-corrected chi connectivity index (χ0v) is 14.0. The number of halogens is 1. The third-order valence-electron chi connectivity index (χ3n) is 6.22. The second-order valence-corrected chi connectivity index (χ2v) is 7.85. The topological polar surface area (TPSA) is 20.3 Å². The first-order valence-corrected chi connectivity index (χ1v) is 9.69. The molecule has 3 unspecified atom stereocenters. The number of carbonyl (C=O) groups is 1. The van der Waals surface area contributed by atoms with Crippen molar-refractivity contribution >= 4 is 17.5 Å². The molecule has 0 aromatic heterocycles. The second-order valence-electron chi connectivity index (χ2n) is 7.47. The Labute approximate surface area is 134 Å². The Kier molecular flexibility index (Phi) is 5.48. The van der Waals surface area contributed by atoms with Crippen molar-refractivity contribution in [2.24, 2.45) is 17.8 Å². The van der Waals surface area contributed by atoms with Crippen LogP contribution in [0.1, 0.15) is 70.6 Å². The highest BCUT2D eigenvalue weighted by Crippen LogP contribution is 2.43. The Balaban J connectivity index is 1.59. The molecule has 0 aliphatic heterocycles. The lowest BCUT2D eigenvalue weighted by atomic mass is 9.67. The smallest absolute Gasteiger partial charge is 0.225 e. The summed E-state index contributed by atoms with van der Waals surface area (Å²) in [5, 5.41) is 0. The lowest BCUT2D eigenvalue weighted by molar-refractivity contribution is -0.142. The summed E-state index contributed by atoms with van der Waals surface area (Å²) in [6.45, 7) is 0.887. The number of amides is 1. The van der Waals surface area contributed by atoms with Gasteiger partial charge in [-0.05, 0) is 56.8 Å². The molecule has 3 saturated carbocycles. The van der Waals surface area contributed by atoms with Crippen molar-refractivity contribution in [3.05, 3.63) is 0 Å². The molecule has 0 saturated heterocycles. The van der Waals surface area contributed by atoms with E-state index < -0.39 is 0 Å². The average molecular weight is 312 g/mol. The van der Waals surface area contributed by atoms with E-state index in [0.29, 0.717) is 23.7 Å². The first-order chi connectivity index (χ1) is 10.3. The monoisotopic (exact) mass is 311 g/mol. The van der Waals surface area contributed by atoms with Crippen molar-refractivity contribution in [2.75, 3.05) is 12.4 Å². The molecule has 0 aromatic rings. The van der Waals surface area contributed by atoms with Crippen LogP contribution in [0.3, 0.4) is 0 Å². The standard InChI is InChI=1S/C18H30ClNO/c19-11-4-12-20(17-7-3-8-17)18(21)16-10-9-14-5-1-2-6-15(14)13-16/h14-17H,1-13H2. The highest BCUT2D eigenvalue weighted by atomic mass is 35.5. The van der Waals surface area contributed by atoms with Gasteiger partial charge in [-0.15, -0.1) is 11.6 Å². The maximum atomic E-state index is 13.0. The van der Waals surface area contributed by atoms with E-state index in [-0.39, 0.29) is 0 Å². The van der Waals surface area contributed by atoms with Crippen LogP contribution in [0.4, 0.5) is 0 Å². The van der Waals surface area contributed by atoms with Gasteiger partial charge in [-0.1, -0.05) is 25.7 Å². The lowest BCUT2D eigenvalue weighted by Crippen LogP contribution is -2.48. The molecule has 1 amide bonds. The Bertz CT molecular complexity index is 355. The number of hydrogen-bond donors (Lipinski definition) is 0. The first-order valence-electron chi connectivity index (χ1n) is 9.16. The zero-order chi connectivity index (χ0) is 14.7. The highest BCUT2D eigenvalue weighted by Gasteiger charge is 2.38. The van der Waals surface area contributed by atoms with Gasteiger partial charge in [0.1, 0.15) is 0 Å². The van der Waals surface area contributed by atoms with Gasteiger partial charge in [0, 0.05) is 24.4 Å². The van der Waals surface area contributed by atoms with E-state index >= 15 is 0 Å². The van der Waals surface area contributed by atoms with E-state index in [1.165, 1.54) is 57.8 Å². The van der Waals surface area contributed by atoms with Crippen molar-refractivity contribution in [3.63, 3.8) is 0 Å². The van der Waals surface area contributed by atoms with Crippen LogP contribution in [0.15, 0.2) is 0 Å².